The first-order valence-corrected chi connectivity index (χ1v) is 5.74. The van der Waals surface area contributed by atoms with Crippen LogP contribution in [0.3, 0.4) is 0 Å². The lowest BCUT2D eigenvalue weighted by atomic mass is 9.95. The molecule has 0 bridgehead atoms. The van der Waals surface area contributed by atoms with E-state index in [0.717, 1.165) is 23.5 Å². The Morgan fingerprint density at radius 1 is 1.46 bits per heavy atom. The SMILES string of the molecule is CCC(CC)C(N)c1nc(C)cs1. The van der Waals surface area contributed by atoms with E-state index < -0.39 is 0 Å². The fraction of sp³-hybridized carbons (Fsp3) is 0.700. The van der Waals surface area contributed by atoms with Crippen molar-refractivity contribution in [1.29, 1.82) is 0 Å². The summed E-state index contributed by atoms with van der Waals surface area (Å²) in [5.74, 6) is 0.575. The van der Waals surface area contributed by atoms with Gasteiger partial charge in [-0.25, -0.2) is 4.98 Å². The molecule has 0 aliphatic rings. The fourth-order valence-corrected chi connectivity index (χ4v) is 2.41. The van der Waals surface area contributed by atoms with Gasteiger partial charge in [-0.15, -0.1) is 11.3 Å². The predicted molar refractivity (Wildman–Crippen MR) is 57.9 cm³/mol. The van der Waals surface area contributed by atoms with Crippen LogP contribution in [0.5, 0.6) is 0 Å². The third-order valence-corrected chi connectivity index (χ3v) is 3.54. The average molecular weight is 198 g/mol. The minimum absolute atomic E-state index is 0.133. The van der Waals surface area contributed by atoms with Crippen molar-refractivity contribution >= 4 is 11.3 Å². The molecule has 1 rings (SSSR count). The van der Waals surface area contributed by atoms with Gasteiger partial charge in [-0.1, -0.05) is 26.7 Å². The number of hydrogen-bond acceptors (Lipinski definition) is 3. The first-order chi connectivity index (χ1) is 6.19. The summed E-state index contributed by atoms with van der Waals surface area (Å²) in [6.45, 7) is 6.39. The number of nitrogens with zero attached hydrogens (tertiary/aromatic N) is 1. The van der Waals surface area contributed by atoms with Gasteiger partial charge in [0.1, 0.15) is 5.01 Å². The average Bonchev–Trinajstić information content (AvgIpc) is 2.54. The van der Waals surface area contributed by atoms with Crippen LogP contribution in [0.25, 0.3) is 0 Å². The van der Waals surface area contributed by atoms with Crippen molar-refractivity contribution in [1.82, 2.24) is 4.98 Å². The van der Waals surface area contributed by atoms with E-state index in [1.165, 1.54) is 0 Å². The molecule has 2 N–H and O–H groups in total. The van der Waals surface area contributed by atoms with Gasteiger partial charge < -0.3 is 5.73 Å². The standard InChI is InChI=1S/C10H18N2S/c1-4-8(5-2)9(11)10-12-7(3)6-13-10/h6,8-9H,4-5,11H2,1-3H3. The maximum Gasteiger partial charge on any atom is 0.110 e. The van der Waals surface area contributed by atoms with Gasteiger partial charge in [-0.3, -0.25) is 0 Å². The molecule has 0 radical (unpaired) electrons. The highest BCUT2D eigenvalue weighted by atomic mass is 32.1. The van der Waals surface area contributed by atoms with Crippen molar-refractivity contribution in [3.05, 3.63) is 16.1 Å². The molecular formula is C10H18N2S. The van der Waals surface area contributed by atoms with Gasteiger partial charge in [0.05, 0.1) is 6.04 Å². The smallest absolute Gasteiger partial charge is 0.110 e. The van der Waals surface area contributed by atoms with Crippen LogP contribution in [0.1, 0.15) is 43.4 Å². The second-order valence-corrected chi connectivity index (χ2v) is 4.32. The summed E-state index contributed by atoms with van der Waals surface area (Å²) in [5, 5.41) is 3.16. The zero-order valence-corrected chi connectivity index (χ0v) is 9.40. The molecule has 1 atom stereocenters. The molecule has 0 aliphatic heterocycles. The summed E-state index contributed by atoms with van der Waals surface area (Å²) >= 11 is 1.68. The fourth-order valence-electron chi connectivity index (χ4n) is 1.52. The Balaban J connectivity index is 2.71. The zero-order chi connectivity index (χ0) is 9.84. The summed E-state index contributed by atoms with van der Waals surface area (Å²) < 4.78 is 0. The van der Waals surface area contributed by atoms with Crippen molar-refractivity contribution in [2.24, 2.45) is 11.7 Å². The quantitative estimate of drug-likeness (QED) is 0.808. The minimum atomic E-state index is 0.133. The predicted octanol–water partition coefficient (Wildman–Crippen LogP) is 2.89. The first-order valence-electron chi connectivity index (χ1n) is 4.86. The molecule has 74 valence electrons. The molecule has 0 amide bonds. The second kappa shape index (κ2) is 4.72. The number of aromatic nitrogens is 1. The van der Waals surface area contributed by atoms with Crippen molar-refractivity contribution < 1.29 is 0 Å². The Bertz CT molecular complexity index is 253. The molecule has 1 unspecified atom stereocenters. The molecule has 0 aromatic carbocycles. The first kappa shape index (κ1) is 10.7. The van der Waals surface area contributed by atoms with Gasteiger partial charge in [0.25, 0.3) is 0 Å². The van der Waals surface area contributed by atoms with E-state index in [4.69, 9.17) is 5.73 Å². The van der Waals surface area contributed by atoms with Crippen LogP contribution >= 0.6 is 11.3 Å². The molecule has 0 aliphatic carbocycles. The summed E-state index contributed by atoms with van der Waals surface area (Å²) in [6, 6.07) is 0.133. The molecule has 3 heteroatoms. The largest absolute Gasteiger partial charge is 0.322 e. The van der Waals surface area contributed by atoms with Crippen LogP contribution in [0.2, 0.25) is 0 Å². The van der Waals surface area contributed by atoms with Crippen LogP contribution in [-0.4, -0.2) is 4.98 Å². The Kier molecular flexibility index (Phi) is 3.88. The number of thiazole rings is 1. The van der Waals surface area contributed by atoms with E-state index >= 15 is 0 Å². The van der Waals surface area contributed by atoms with Gasteiger partial charge in [-0.05, 0) is 12.8 Å². The highest BCUT2D eigenvalue weighted by molar-refractivity contribution is 7.09. The Labute approximate surface area is 84.2 Å². The molecule has 13 heavy (non-hydrogen) atoms. The Morgan fingerprint density at radius 2 is 2.08 bits per heavy atom. The Morgan fingerprint density at radius 3 is 2.46 bits per heavy atom. The van der Waals surface area contributed by atoms with Gasteiger partial charge >= 0.3 is 0 Å². The van der Waals surface area contributed by atoms with Crippen molar-refractivity contribution in [3.8, 4) is 0 Å². The van der Waals surface area contributed by atoms with Gasteiger partial charge in [-0.2, -0.15) is 0 Å². The van der Waals surface area contributed by atoms with E-state index in [9.17, 15) is 0 Å². The molecule has 1 aromatic rings. The molecule has 1 aromatic heterocycles. The summed E-state index contributed by atoms with van der Waals surface area (Å²) in [5.41, 5.74) is 7.21. The van der Waals surface area contributed by atoms with Crippen molar-refractivity contribution in [2.45, 2.75) is 39.7 Å². The van der Waals surface area contributed by atoms with Gasteiger partial charge in [0, 0.05) is 11.1 Å². The van der Waals surface area contributed by atoms with E-state index in [0.29, 0.717) is 5.92 Å². The monoisotopic (exact) mass is 198 g/mol. The second-order valence-electron chi connectivity index (χ2n) is 3.43. The lowest BCUT2D eigenvalue weighted by Gasteiger charge is -2.18. The van der Waals surface area contributed by atoms with E-state index in [2.05, 4.69) is 24.2 Å². The lowest BCUT2D eigenvalue weighted by molar-refractivity contribution is 0.404. The van der Waals surface area contributed by atoms with Crippen LogP contribution in [0.15, 0.2) is 5.38 Å². The third kappa shape index (κ3) is 2.51. The van der Waals surface area contributed by atoms with Gasteiger partial charge in [0.2, 0.25) is 0 Å². The van der Waals surface area contributed by atoms with Crippen LogP contribution in [-0.2, 0) is 0 Å². The molecular weight excluding hydrogens is 180 g/mol. The molecule has 2 nitrogen and oxygen atoms in total. The highest BCUT2D eigenvalue weighted by Crippen LogP contribution is 2.26. The van der Waals surface area contributed by atoms with E-state index in [1.54, 1.807) is 11.3 Å². The van der Waals surface area contributed by atoms with Crippen LogP contribution in [0, 0.1) is 12.8 Å². The van der Waals surface area contributed by atoms with Crippen LogP contribution in [0.4, 0.5) is 0 Å². The number of rotatable bonds is 4. The van der Waals surface area contributed by atoms with Crippen molar-refractivity contribution in [3.63, 3.8) is 0 Å². The van der Waals surface area contributed by atoms with E-state index in [-0.39, 0.29) is 6.04 Å². The van der Waals surface area contributed by atoms with E-state index in [1.807, 2.05) is 6.92 Å². The third-order valence-electron chi connectivity index (χ3n) is 2.48. The lowest BCUT2D eigenvalue weighted by Crippen LogP contribution is -2.20. The molecule has 0 fully saturated rings. The topological polar surface area (TPSA) is 38.9 Å². The molecule has 1 heterocycles. The maximum absolute atomic E-state index is 6.12. The molecule has 0 spiro atoms. The summed E-state index contributed by atoms with van der Waals surface area (Å²) in [7, 11) is 0. The number of aryl methyl sites for hydroxylation is 1. The summed E-state index contributed by atoms with van der Waals surface area (Å²) in [6.07, 6.45) is 2.27. The normalized spacial score (nSPS) is 13.6. The highest BCUT2D eigenvalue weighted by Gasteiger charge is 2.18. The number of hydrogen-bond donors (Lipinski definition) is 1. The van der Waals surface area contributed by atoms with Crippen LogP contribution < -0.4 is 5.73 Å². The molecule has 0 saturated carbocycles. The maximum atomic E-state index is 6.12. The number of nitrogens with two attached hydrogens (primary N) is 1. The minimum Gasteiger partial charge on any atom is -0.322 e. The summed E-state index contributed by atoms with van der Waals surface area (Å²) in [4.78, 5) is 4.42. The van der Waals surface area contributed by atoms with Crippen molar-refractivity contribution in [2.75, 3.05) is 0 Å². The van der Waals surface area contributed by atoms with Gasteiger partial charge in [0.15, 0.2) is 0 Å². The zero-order valence-electron chi connectivity index (χ0n) is 8.58. The Hall–Kier alpha value is -0.410. The molecule has 0 saturated heterocycles.